The van der Waals surface area contributed by atoms with E-state index in [0.29, 0.717) is 5.01 Å². The molecule has 0 saturated heterocycles. The molecule has 0 aromatic carbocycles. The minimum atomic E-state index is -1.07. The third kappa shape index (κ3) is 3.83. The van der Waals surface area contributed by atoms with E-state index in [4.69, 9.17) is 5.11 Å². The van der Waals surface area contributed by atoms with Crippen LogP contribution in [0.3, 0.4) is 0 Å². The number of hydrazine groups is 1. The smallest absolute Gasteiger partial charge is 0.355 e. The summed E-state index contributed by atoms with van der Waals surface area (Å²) in [5, 5.41) is 14.7. The van der Waals surface area contributed by atoms with Crippen LogP contribution in [0.1, 0.15) is 15.5 Å². The van der Waals surface area contributed by atoms with Crippen molar-refractivity contribution in [1.29, 1.82) is 0 Å². The van der Waals surface area contributed by atoms with E-state index in [1.807, 2.05) is 0 Å². The number of carbonyl (C=O) groups excluding carboxylic acids is 1. The van der Waals surface area contributed by atoms with Gasteiger partial charge >= 0.3 is 12.0 Å². The van der Waals surface area contributed by atoms with Gasteiger partial charge in [-0.05, 0) is 0 Å². The van der Waals surface area contributed by atoms with Gasteiger partial charge in [0.1, 0.15) is 5.01 Å². The van der Waals surface area contributed by atoms with Gasteiger partial charge in [-0.15, -0.1) is 11.3 Å². The Balaban J connectivity index is 2.42. The molecule has 0 aliphatic carbocycles. The first-order valence-electron chi connectivity index (χ1n) is 4.38. The predicted molar refractivity (Wildman–Crippen MR) is 58.1 cm³/mol. The Morgan fingerprint density at radius 2 is 2.25 bits per heavy atom. The molecule has 0 fully saturated rings. The van der Waals surface area contributed by atoms with Crippen LogP contribution in [0.2, 0.25) is 0 Å². The average Bonchev–Trinajstić information content (AvgIpc) is 2.61. The van der Waals surface area contributed by atoms with Crippen molar-refractivity contribution >= 4 is 23.3 Å². The zero-order valence-corrected chi connectivity index (χ0v) is 9.67. The molecule has 0 aliphatic rings. The number of thiazole rings is 1. The third-order valence-electron chi connectivity index (χ3n) is 1.50. The fourth-order valence-electron chi connectivity index (χ4n) is 0.889. The van der Waals surface area contributed by atoms with Crippen LogP contribution >= 0.6 is 11.3 Å². The Morgan fingerprint density at radius 1 is 1.56 bits per heavy atom. The van der Waals surface area contributed by atoms with E-state index < -0.39 is 5.97 Å². The minimum absolute atomic E-state index is 0.00480. The van der Waals surface area contributed by atoms with Gasteiger partial charge in [0.25, 0.3) is 0 Å². The Labute approximate surface area is 96.1 Å². The fourth-order valence-corrected chi connectivity index (χ4v) is 1.60. The van der Waals surface area contributed by atoms with Crippen molar-refractivity contribution in [3.63, 3.8) is 0 Å². The van der Waals surface area contributed by atoms with E-state index in [2.05, 4.69) is 15.7 Å². The van der Waals surface area contributed by atoms with E-state index in [1.165, 1.54) is 21.7 Å². The number of amides is 2. The molecule has 0 atom stereocenters. The molecule has 0 spiro atoms. The van der Waals surface area contributed by atoms with Crippen molar-refractivity contribution in [3.05, 3.63) is 16.1 Å². The molecular formula is C8H12N4O3S. The van der Waals surface area contributed by atoms with Gasteiger partial charge < -0.3 is 10.4 Å². The van der Waals surface area contributed by atoms with Crippen molar-refractivity contribution < 1.29 is 14.7 Å². The Kier molecular flexibility index (Phi) is 4.20. The Hall–Kier alpha value is -1.67. The number of nitrogens with one attached hydrogen (secondary N) is 2. The second-order valence-electron chi connectivity index (χ2n) is 3.12. The SMILES string of the molecule is CN(C)NC(=O)NCc1nc(C(=O)O)cs1. The van der Waals surface area contributed by atoms with Crippen LogP contribution < -0.4 is 10.7 Å². The van der Waals surface area contributed by atoms with Gasteiger partial charge in [0.05, 0.1) is 6.54 Å². The molecule has 1 aromatic heterocycles. The van der Waals surface area contributed by atoms with Crippen LogP contribution in [-0.4, -0.2) is 41.2 Å². The molecule has 3 N–H and O–H groups in total. The lowest BCUT2D eigenvalue weighted by atomic mass is 10.5. The molecule has 0 saturated carbocycles. The highest BCUT2D eigenvalue weighted by atomic mass is 32.1. The number of aromatic carboxylic acids is 1. The van der Waals surface area contributed by atoms with Gasteiger partial charge in [-0.1, -0.05) is 0 Å². The first-order valence-corrected chi connectivity index (χ1v) is 5.26. The summed E-state index contributed by atoms with van der Waals surface area (Å²) in [4.78, 5) is 25.5. The summed E-state index contributed by atoms with van der Waals surface area (Å²) >= 11 is 1.19. The van der Waals surface area contributed by atoms with Crippen molar-refractivity contribution in [2.45, 2.75) is 6.54 Å². The van der Waals surface area contributed by atoms with Gasteiger partial charge in [-0.3, -0.25) is 5.43 Å². The topological polar surface area (TPSA) is 94.6 Å². The van der Waals surface area contributed by atoms with Crippen LogP contribution in [-0.2, 0) is 6.54 Å². The average molecular weight is 244 g/mol. The maximum Gasteiger partial charge on any atom is 0.355 e. The van der Waals surface area contributed by atoms with Crippen LogP contribution in [0.4, 0.5) is 4.79 Å². The summed E-state index contributed by atoms with van der Waals surface area (Å²) < 4.78 is 0. The highest BCUT2D eigenvalue weighted by molar-refractivity contribution is 7.09. The first-order chi connectivity index (χ1) is 7.49. The minimum Gasteiger partial charge on any atom is -0.476 e. The maximum absolute atomic E-state index is 11.2. The van der Waals surface area contributed by atoms with Gasteiger partial charge in [0, 0.05) is 19.5 Å². The maximum atomic E-state index is 11.2. The molecule has 1 aromatic rings. The van der Waals surface area contributed by atoms with Crippen molar-refractivity contribution in [3.8, 4) is 0 Å². The lowest BCUT2D eigenvalue weighted by molar-refractivity contribution is 0.0691. The van der Waals surface area contributed by atoms with Crippen LogP contribution in [0.25, 0.3) is 0 Å². The van der Waals surface area contributed by atoms with Crippen molar-refractivity contribution in [2.75, 3.05) is 14.1 Å². The highest BCUT2D eigenvalue weighted by Crippen LogP contribution is 2.08. The lowest BCUT2D eigenvalue weighted by Gasteiger charge is -2.11. The van der Waals surface area contributed by atoms with Crippen molar-refractivity contribution in [2.24, 2.45) is 0 Å². The van der Waals surface area contributed by atoms with E-state index in [0.717, 1.165) is 0 Å². The molecule has 1 rings (SSSR count). The Bertz CT molecular complexity index is 390. The number of urea groups is 1. The van der Waals surface area contributed by atoms with Crippen molar-refractivity contribution in [1.82, 2.24) is 20.7 Å². The first kappa shape index (κ1) is 12.4. The van der Waals surface area contributed by atoms with E-state index in [9.17, 15) is 9.59 Å². The number of carboxylic acid groups (broad SMARTS) is 1. The predicted octanol–water partition coefficient (Wildman–Crippen LogP) is 0.117. The lowest BCUT2D eigenvalue weighted by Crippen LogP contribution is -2.42. The number of nitrogens with zero attached hydrogens (tertiary/aromatic N) is 2. The number of carbonyl (C=O) groups is 2. The summed E-state index contributed by atoms with van der Waals surface area (Å²) in [7, 11) is 3.37. The number of aromatic nitrogens is 1. The molecule has 2 amide bonds. The molecule has 0 bridgehead atoms. The van der Waals surface area contributed by atoms with Crippen LogP contribution in [0, 0.1) is 0 Å². The van der Waals surface area contributed by atoms with E-state index >= 15 is 0 Å². The summed E-state index contributed by atoms with van der Waals surface area (Å²) in [6.45, 7) is 0.206. The molecule has 8 heteroatoms. The summed E-state index contributed by atoms with van der Waals surface area (Å²) in [5.74, 6) is -1.07. The quantitative estimate of drug-likeness (QED) is 0.654. The largest absolute Gasteiger partial charge is 0.476 e. The monoisotopic (exact) mass is 244 g/mol. The molecule has 0 radical (unpaired) electrons. The summed E-state index contributed by atoms with van der Waals surface area (Å²) in [6.07, 6.45) is 0. The van der Waals surface area contributed by atoms with E-state index in [1.54, 1.807) is 14.1 Å². The molecular weight excluding hydrogens is 232 g/mol. The molecule has 88 valence electrons. The summed E-state index contributed by atoms with van der Waals surface area (Å²) in [6, 6.07) is -0.364. The second kappa shape index (κ2) is 5.42. The van der Waals surface area contributed by atoms with Crippen LogP contribution in [0.15, 0.2) is 5.38 Å². The number of carboxylic acids is 1. The number of rotatable bonds is 4. The number of hydrogen-bond acceptors (Lipinski definition) is 5. The number of hydrogen-bond donors (Lipinski definition) is 3. The zero-order valence-electron chi connectivity index (χ0n) is 8.85. The third-order valence-corrected chi connectivity index (χ3v) is 2.34. The standard InChI is InChI=1S/C8H12N4O3S/c1-12(2)11-8(15)9-3-6-10-5(4-16-6)7(13)14/h4H,3H2,1-2H3,(H,13,14)(H2,9,11,15). The van der Waals surface area contributed by atoms with Gasteiger partial charge in [0.15, 0.2) is 5.69 Å². The molecule has 0 unspecified atom stereocenters. The molecule has 1 heterocycles. The normalized spacial score (nSPS) is 10.2. The zero-order chi connectivity index (χ0) is 12.1. The van der Waals surface area contributed by atoms with Gasteiger partial charge in [-0.25, -0.2) is 19.6 Å². The molecule has 0 aliphatic heterocycles. The van der Waals surface area contributed by atoms with Gasteiger partial charge in [0.2, 0.25) is 0 Å². The van der Waals surface area contributed by atoms with E-state index in [-0.39, 0.29) is 18.3 Å². The fraction of sp³-hybridized carbons (Fsp3) is 0.375. The molecule has 7 nitrogen and oxygen atoms in total. The summed E-state index contributed by atoms with van der Waals surface area (Å²) in [5.41, 5.74) is 2.48. The Morgan fingerprint density at radius 3 is 2.75 bits per heavy atom. The highest BCUT2D eigenvalue weighted by Gasteiger charge is 2.09. The van der Waals surface area contributed by atoms with Crippen LogP contribution in [0.5, 0.6) is 0 Å². The molecule has 16 heavy (non-hydrogen) atoms. The second-order valence-corrected chi connectivity index (χ2v) is 4.06. The van der Waals surface area contributed by atoms with Gasteiger partial charge in [-0.2, -0.15) is 0 Å².